The molecule has 0 heterocycles. The van der Waals surface area contributed by atoms with Crippen molar-refractivity contribution in [2.75, 3.05) is 0 Å². The Kier molecular flexibility index (Phi) is 1.39. The predicted octanol–water partition coefficient (Wildman–Crippen LogP) is 4.00. The largest absolute Gasteiger partial charge is 0.0848 e. The molecule has 0 amide bonds. The van der Waals surface area contributed by atoms with Crippen LogP contribution >= 0.6 is 0 Å². The van der Waals surface area contributed by atoms with E-state index in [2.05, 4.69) is 24.3 Å². The molecule has 6 fully saturated rings. The zero-order chi connectivity index (χ0) is 13.0. The first-order chi connectivity index (χ1) is 10.4. The van der Waals surface area contributed by atoms with E-state index in [9.17, 15) is 0 Å². The molecule has 8 aliphatic carbocycles. The number of rotatable bonds is 0. The van der Waals surface area contributed by atoms with Gasteiger partial charge in [-0.15, -0.1) is 0 Å². The van der Waals surface area contributed by atoms with Gasteiger partial charge in [0.2, 0.25) is 0 Å². The van der Waals surface area contributed by atoms with Gasteiger partial charge in [0.25, 0.3) is 0 Å². The summed E-state index contributed by atoms with van der Waals surface area (Å²) in [5.41, 5.74) is 0. The molecule has 6 bridgehead atoms. The highest BCUT2D eigenvalue weighted by Gasteiger charge is 2.79. The summed E-state index contributed by atoms with van der Waals surface area (Å²) >= 11 is 0. The number of allylic oxidation sites excluding steroid dienone is 4. The summed E-state index contributed by atoms with van der Waals surface area (Å²) in [7, 11) is 0. The molecule has 0 radical (unpaired) electrons. The fourth-order valence-electron chi connectivity index (χ4n) is 10.4. The normalized spacial score (nSPS) is 78.5. The van der Waals surface area contributed by atoms with Gasteiger partial charge in [0, 0.05) is 0 Å². The van der Waals surface area contributed by atoms with Crippen molar-refractivity contribution >= 4 is 0 Å². The Morgan fingerprint density at radius 3 is 1.05 bits per heavy atom. The fourth-order valence-corrected chi connectivity index (χ4v) is 10.4. The average molecular weight is 276 g/mol. The van der Waals surface area contributed by atoms with Crippen molar-refractivity contribution in [1.29, 1.82) is 0 Å². The molecule has 0 aromatic heterocycles. The molecule has 0 unspecified atom stereocenters. The molecule has 0 N–H and O–H groups in total. The van der Waals surface area contributed by atoms with Crippen molar-refractivity contribution in [1.82, 2.24) is 0 Å². The topological polar surface area (TPSA) is 0 Å². The molecule has 0 nitrogen and oxygen atoms in total. The zero-order valence-corrected chi connectivity index (χ0v) is 12.5. The van der Waals surface area contributed by atoms with Crippen molar-refractivity contribution < 1.29 is 0 Å². The summed E-state index contributed by atoms with van der Waals surface area (Å²) in [6.07, 6.45) is 15.3. The van der Waals surface area contributed by atoms with Crippen LogP contribution in [-0.2, 0) is 0 Å². The van der Waals surface area contributed by atoms with E-state index in [1.54, 1.807) is 19.3 Å². The van der Waals surface area contributed by atoms with Crippen molar-refractivity contribution in [3.05, 3.63) is 24.3 Å². The standard InChI is InChI=1S/C21H24/c1-2-9-5-8(1)14-15(9)19-13-7-12(18(14)19)20-16-10-3-4-11(6-10)17(16)21(13)20/h1-4,8-21H,5-7H2/t8-,9+,10+,11-,12?,13?,14+,15-,16-,17+,18-,19+,20+,21-. The Balaban J connectivity index is 1.24. The molecule has 6 saturated carbocycles. The van der Waals surface area contributed by atoms with Crippen LogP contribution in [0.4, 0.5) is 0 Å². The lowest BCUT2D eigenvalue weighted by Crippen LogP contribution is -2.62. The second-order valence-electron chi connectivity index (χ2n) is 10.1. The van der Waals surface area contributed by atoms with Gasteiger partial charge in [-0.05, 0) is 102 Å². The summed E-state index contributed by atoms with van der Waals surface area (Å²) in [5, 5.41) is 0. The summed E-state index contributed by atoms with van der Waals surface area (Å²) in [6, 6.07) is 0. The van der Waals surface area contributed by atoms with E-state index in [4.69, 9.17) is 0 Å². The van der Waals surface area contributed by atoms with Crippen LogP contribution in [0, 0.1) is 82.9 Å². The van der Waals surface area contributed by atoms with E-state index >= 15 is 0 Å². The number of hydrogen-bond acceptors (Lipinski definition) is 0. The second-order valence-corrected chi connectivity index (χ2v) is 10.1. The second kappa shape index (κ2) is 2.83. The molecular weight excluding hydrogens is 252 g/mol. The van der Waals surface area contributed by atoms with E-state index in [0.29, 0.717) is 0 Å². The highest BCUT2D eigenvalue weighted by atomic mass is 14.8. The minimum atomic E-state index is 1.02. The first-order valence-electron chi connectivity index (χ1n) is 9.78. The molecular formula is C21H24. The Morgan fingerprint density at radius 1 is 0.381 bits per heavy atom. The van der Waals surface area contributed by atoms with Crippen molar-refractivity contribution in [2.24, 2.45) is 82.9 Å². The lowest BCUT2D eigenvalue weighted by molar-refractivity contribution is -0.180. The SMILES string of the molecule is C1=C[C@H]2C[C@@H]1[C@@H]1[C@H]3C4CC([C@H]3[C@H]21)[C@H]1[C@@H]4[C@@H]2[C@H]3C=C[C@H](C3)[C@H]12. The Labute approximate surface area is 127 Å². The van der Waals surface area contributed by atoms with Crippen LogP contribution < -0.4 is 0 Å². The minimum absolute atomic E-state index is 1.02. The van der Waals surface area contributed by atoms with Gasteiger partial charge in [0.1, 0.15) is 0 Å². The first kappa shape index (κ1) is 10.3. The fraction of sp³-hybridized carbons (Fsp3) is 0.810. The zero-order valence-electron chi connectivity index (χ0n) is 12.5. The maximum atomic E-state index is 2.62. The summed E-state index contributed by atoms with van der Waals surface area (Å²) < 4.78 is 0. The van der Waals surface area contributed by atoms with Crippen LogP contribution in [0.3, 0.4) is 0 Å². The van der Waals surface area contributed by atoms with Gasteiger partial charge in [0.05, 0.1) is 0 Å². The molecule has 21 heavy (non-hydrogen) atoms. The average Bonchev–Trinajstić information content (AvgIpc) is 3.17. The van der Waals surface area contributed by atoms with Gasteiger partial charge in [-0.1, -0.05) is 24.3 Å². The minimum Gasteiger partial charge on any atom is -0.0848 e. The lowest BCUT2D eigenvalue weighted by Gasteiger charge is -2.66. The number of fused-ring (bicyclic) bond motifs is 22. The summed E-state index contributed by atoms with van der Waals surface area (Å²) in [6.45, 7) is 0. The van der Waals surface area contributed by atoms with Gasteiger partial charge in [-0.2, -0.15) is 0 Å². The highest BCUT2D eigenvalue weighted by Crippen LogP contribution is 2.83. The molecule has 0 aliphatic heterocycles. The Bertz CT molecular complexity index is 526. The maximum Gasteiger partial charge on any atom is -0.0194 e. The van der Waals surface area contributed by atoms with Gasteiger partial charge < -0.3 is 0 Å². The molecule has 0 spiro atoms. The quantitative estimate of drug-likeness (QED) is 0.463. The van der Waals surface area contributed by atoms with Crippen LogP contribution in [-0.4, -0.2) is 0 Å². The Hall–Kier alpha value is -0.520. The summed E-state index contributed by atoms with van der Waals surface area (Å²) in [4.78, 5) is 0. The van der Waals surface area contributed by atoms with Crippen LogP contribution in [0.25, 0.3) is 0 Å². The molecule has 0 saturated heterocycles. The number of hydrogen-bond donors (Lipinski definition) is 0. The molecule has 8 rings (SSSR count). The molecule has 0 aromatic rings. The smallest absolute Gasteiger partial charge is 0.0194 e. The van der Waals surface area contributed by atoms with E-state index in [0.717, 1.165) is 47.3 Å². The maximum absolute atomic E-state index is 2.62. The monoisotopic (exact) mass is 276 g/mol. The third-order valence-electron chi connectivity index (χ3n) is 10.4. The third kappa shape index (κ3) is 0.815. The highest BCUT2D eigenvalue weighted by molar-refractivity contribution is 5.32. The molecule has 8 aliphatic rings. The first-order valence-corrected chi connectivity index (χ1v) is 9.78. The van der Waals surface area contributed by atoms with Crippen molar-refractivity contribution in [3.63, 3.8) is 0 Å². The van der Waals surface area contributed by atoms with Gasteiger partial charge >= 0.3 is 0 Å². The van der Waals surface area contributed by atoms with Crippen LogP contribution in [0.1, 0.15) is 19.3 Å². The third-order valence-corrected chi connectivity index (χ3v) is 10.4. The van der Waals surface area contributed by atoms with Gasteiger partial charge in [-0.25, -0.2) is 0 Å². The van der Waals surface area contributed by atoms with E-state index < -0.39 is 0 Å². The van der Waals surface area contributed by atoms with E-state index in [-0.39, 0.29) is 0 Å². The van der Waals surface area contributed by atoms with Crippen LogP contribution in [0.2, 0.25) is 0 Å². The Morgan fingerprint density at radius 2 is 0.714 bits per heavy atom. The van der Waals surface area contributed by atoms with E-state index in [1.165, 1.54) is 35.5 Å². The molecule has 0 aromatic carbocycles. The molecule has 0 heteroatoms. The molecule has 0 atom stereocenters. The lowest BCUT2D eigenvalue weighted by atomic mass is 9.38. The van der Waals surface area contributed by atoms with Gasteiger partial charge in [0.15, 0.2) is 0 Å². The van der Waals surface area contributed by atoms with Crippen molar-refractivity contribution in [3.8, 4) is 0 Å². The molecule has 108 valence electrons. The predicted molar refractivity (Wildman–Crippen MR) is 81.0 cm³/mol. The van der Waals surface area contributed by atoms with Crippen LogP contribution in [0.15, 0.2) is 24.3 Å². The summed E-state index contributed by atoms with van der Waals surface area (Å²) in [5.74, 6) is 15.9. The van der Waals surface area contributed by atoms with Gasteiger partial charge in [-0.3, -0.25) is 0 Å². The van der Waals surface area contributed by atoms with E-state index in [1.807, 2.05) is 0 Å². The van der Waals surface area contributed by atoms with Crippen LogP contribution in [0.5, 0.6) is 0 Å². The van der Waals surface area contributed by atoms with Crippen molar-refractivity contribution in [2.45, 2.75) is 19.3 Å².